The zero-order valence-electron chi connectivity index (χ0n) is 15.0. The summed E-state index contributed by atoms with van der Waals surface area (Å²) in [6, 6.07) is 9.70. The fourth-order valence-corrected chi connectivity index (χ4v) is 3.16. The zero-order chi connectivity index (χ0) is 19.1. The Kier molecular flexibility index (Phi) is 6.49. The molecule has 2 N–H and O–H groups in total. The molecule has 1 saturated heterocycles. The van der Waals surface area contributed by atoms with E-state index in [9.17, 15) is 14.0 Å². The number of rotatable bonds is 7. The van der Waals surface area contributed by atoms with Gasteiger partial charge in [0.25, 0.3) is 0 Å². The van der Waals surface area contributed by atoms with Crippen molar-refractivity contribution in [2.24, 2.45) is 0 Å². The van der Waals surface area contributed by atoms with Crippen LogP contribution in [0.5, 0.6) is 0 Å². The molecule has 2 amide bonds. The van der Waals surface area contributed by atoms with Gasteiger partial charge in [0.05, 0.1) is 12.5 Å². The number of pyridine rings is 1. The van der Waals surface area contributed by atoms with Gasteiger partial charge in [-0.25, -0.2) is 4.39 Å². The molecular weight excluding hydrogens is 347 g/mol. The maximum atomic E-state index is 13.9. The molecule has 27 heavy (non-hydrogen) atoms. The SMILES string of the molecule is O=C(C[C@H]1C(=O)NCCN1Cc1ccccc1F)NCCc1cccnc1. The molecular formula is C20H23FN4O2. The molecule has 0 radical (unpaired) electrons. The molecule has 0 bridgehead atoms. The van der Waals surface area contributed by atoms with Crippen LogP contribution < -0.4 is 10.6 Å². The Labute approximate surface area is 157 Å². The van der Waals surface area contributed by atoms with Crippen molar-refractivity contribution < 1.29 is 14.0 Å². The van der Waals surface area contributed by atoms with Crippen molar-refractivity contribution in [2.45, 2.75) is 25.4 Å². The Morgan fingerprint density at radius 1 is 1.30 bits per heavy atom. The first kappa shape index (κ1) is 19.0. The Balaban J connectivity index is 1.55. The Bertz CT molecular complexity index is 785. The van der Waals surface area contributed by atoms with Gasteiger partial charge in [0.15, 0.2) is 0 Å². The lowest BCUT2D eigenvalue weighted by Gasteiger charge is -2.34. The van der Waals surface area contributed by atoms with Crippen LogP contribution in [0.15, 0.2) is 48.8 Å². The van der Waals surface area contributed by atoms with E-state index in [0.29, 0.717) is 38.2 Å². The van der Waals surface area contributed by atoms with Crippen LogP contribution >= 0.6 is 0 Å². The van der Waals surface area contributed by atoms with Crippen LogP contribution in [0.1, 0.15) is 17.5 Å². The molecule has 6 nitrogen and oxygen atoms in total. The summed E-state index contributed by atoms with van der Waals surface area (Å²) < 4.78 is 13.9. The first-order valence-electron chi connectivity index (χ1n) is 9.04. The topological polar surface area (TPSA) is 74.3 Å². The van der Waals surface area contributed by atoms with Gasteiger partial charge in [-0.3, -0.25) is 19.5 Å². The summed E-state index contributed by atoms with van der Waals surface area (Å²) in [5.74, 6) is -0.692. The summed E-state index contributed by atoms with van der Waals surface area (Å²) in [5.41, 5.74) is 1.56. The van der Waals surface area contributed by atoms with Gasteiger partial charge in [0.1, 0.15) is 5.82 Å². The largest absolute Gasteiger partial charge is 0.356 e. The smallest absolute Gasteiger partial charge is 0.237 e. The van der Waals surface area contributed by atoms with E-state index >= 15 is 0 Å². The van der Waals surface area contributed by atoms with Gasteiger partial charge in [-0.1, -0.05) is 24.3 Å². The summed E-state index contributed by atoms with van der Waals surface area (Å²) in [6.07, 6.45) is 4.19. The first-order valence-corrected chi connectivity index (χ1v) is 9.04. The Morgan fingerprint density at radius 3 is 2.93 bits per heavy atom. The monoisotopic (exact) mass is 370 g/mol. The van der Waals surface area contributed by atoms with E-state index in [0.717, 1.165) is 5.56 Å². The molecule has 1 atom stereocenters. The normalized spacial score (nSPS) is 17.4. The van der Waals surface area contributed by atoms with E-state index in [1.807, 2.05) is 17.0 Å². The predicted molar refractivity (Wildman–Crippen MR) is 99.2 cm³/mol. The van der Waals surface area contributed by atoms with Crippen molar-refractivity contribution in [2.75, 3.05) is 19.6 Å². The summed E-state index contributed by atoms with van der Waals surface area (Å²) in [6.45, 7) is 1.85. The van der Waals surface area contributed by atoms with Crippen LogP contribution in [0.3, 0.4) is 0 Å². The van der Waals surface area contributed by atoms with Gasteiger partial charge in [0, 0.05) is 44.1 Å². The molecule has 142 valence electrons. The minimum atomic E-state index is -0.600. The van der Waals surface area contributed by atoms with Gasteiger partial charge in [-0.05, 0) is 24.1 Å². The number of benzene rings is 1. The van der Waals surface area contributed by atoms with Crippen LogP contribution in [0.2, 0.25) is 0 Å². The minimum Gasteiger partial charge on any atom is -0.356 e. The summed E-state index contributed by atoms with van der Waals surface area (Å²) >= 11 is 0. The fourth-order valence-electron chi connectivity index (χ4n) is 3.16. The van der Waals surface area contributed by atoms with Crippen LogP contribution in [0, 0.1) is 5.82 Å². The van der Waals surface area contributed by atoms with Crippen molar-refractivity contribution in [3.8, 4) is 0 Å². The average Bonchev–Trinajstić information content (AvgIpc) is 2.67. The third-order valence-corrected chi connectivity index (χ3v) is 4.61. The molecule has 1 aliphatic rings. The van der Waals surface area contributed by atoms with E-state index in [4.69, 9.17) is 0 Å². The van der Waals surface area contributed by atoms with Gasteiger partial charge in [-0.15, -0.1) is 0 Å². The number of hydrogen-bond donors (Lipinski definition) is 2. The number of hydrogen-bond acceptors (Lipinski definition) is 4. The highest BCUT2D eigenvalue weighted by Gasteiger charge is 2.31. The molecule has 2 aromatic rings. The van der Waals surface area contributed by atoms with Crippen molar-refractivity contribution >= 4 is 11.8 Å². The lowest BCUT2D eigenvalue weighted by atomic mass is 10.1. The summed E-state index contributed by atoms with van der Waals surface area (Å²) in [4.78, 5) is 30.5. The molecule has 1 fully saturated rings. The third-order valence-electron chi connectivity index (χ3n) is 4.61. The number of amides is 2. The number of nitrogens with zero attached hydrogens (tertiary/aromatic N) is 2. The van der Waals surface area contributed by atoms with Crippen LogP contribution in [-0.2, 0) is 22.6 Å². The second kappa shape index (κ2) is 9.23. The highest BCUT2D eigenvalue weighted by Crippen LogP contribution is 2.16. The van der Waals surface area contributed by atoms with E-state index in [-0.39, 0.29) is 24.1 Å². The van der Waals surface area contributed by atoms with Crippen LogP contribution in [0.25, 0.3) is 0 Å². The summed E-state index contributed by atoms with van der Waals surface area (Å²) in [5, 5.41) is 5.63. The molecule has 0 unspecified atom stereocenters. The van der Waals surface area contributed by atoms with Crippen molar-refractivity contribution in [1.29, 1.82) is 0 Å². The number of carbonyl (C=O) groups is 2. The summed E-state index contributed by atoms with van der Waals surface area (Å²) in [7, 11) is 0. The van der Waals surface area contributed by atoms with Gasteiger partial charge >= 0.3 is 0 Å². The van der Waals surface area contributed by atoms with Crippen molar-refractivity contribution in [3.05, 3.63) is 65.7 Å². The molecule has 7 heteroatoms. The van der Waals surface area contributed by atoms with Gasteiger partial charge in [-0.2, -0.15) is 0 Å². The molecule has 0 spiro atoms. The van der Waals surface area contributed by atoms with Gasteiger partial charge < -0.3 is 10.6 Å². The molecule has 1 aromatic heterocycles. The number of halogens is 1. The molecule has 1 aromatic carbocycles. The van der Waals surface area contributed by atoms with E-state index in [2.05, 4.69) is 15.6 Å². The number of nitrogens with one attached hydrogen (secondary N) is 2. The van der Waals surface area contributed by atoms with E-state index in [1.165, 1.54) is 6.07 Å². The quantitative estimate of drug-likeness (QED) is 0.770. The highest BCUT2D eigenvalue weighted by atomic mass is 19.1. The second-order valence-electron chi connectivity index (χ2n) is 6.53. The highest BCUT2D eigenvalue weighted by molar-refractivity contribution is 5.88. The lowest BCUT2D eigenvalue weighted by Crippen LogP contribution is -2.56. The fraction of sp³-hybridized carbons (Fsp3) is 0.350. The van der Waals surface area contributed by atoms with E-state index < -0.39 is 6.04 Å². The van der Waals surface area contributed by atoms with Gasteiger partial charge in [0.2, 0.25) is 11.8 Å². The van der Waals surface area contributed by atoms with Crippen LogP contribution in [0.4, 0.5) is 4.39 Å². The predicted octanol–water partition coefficient (Wildman–Crippen LogP) is 1.27. The van der Waals surface area contributed by atoms with Crippen molar-refractivity contribution in [1.82, 2.24) is 20.5 Å². The number of aromatic nitrogens is 1. The van der Waals surface area contributed by atoms with E-state index in [1.54, 1.807) is 30.6 Å². The third kappa shape index (κ3) is 5.34. The first-order chi connectivity index (χ1) is 13.1. The molecule has 1 aliphatic heterocycles. The Hall–Kier alpha value is -2.80. The molecule has 2 heterocycles. The lowest BCUT2D eigenvalue weighted by molar-refractivity contribution is -0.134. The Morgan fingerprint density at radius 2 is 2.15 bits per heavy atom. The maximum absolute atomic E-state index is 13.9. The second-order valence-corrected chi connectivity index (χ2v) is 6.53. The number of carbonyl (C=O) groups excluding carboxylic acids is 2. The standard InChI is InChI=1S/C20H23FN4O2/c21-17-6-2-1-5-16(17)14-25-11-10-24-20(27)18(25)12-19(26)23-9-7-15-4-3-8-22-13-15/h1-6,8,13,18H,7,9-12,14H2,(H,23,26)(H,24,27)/t18-/m0/s1. The van der Waals surface area contributed by atoms with Crippen molar-refractivity contribution in [3.63, 3.8) is 0 Å². The minimum absolute atomic E-state index is 0.0489. The van der Waals surface area contributed by atoms with Crippen LogP contribution in [-0.4, -0.2) is 47.4 Å². The average molecular weight is 370 g/mol. The number of piperazine rings is 1. The maximum Gasteiger partial charge on any atom is 0.237 e. The molecule has 3 rings (SSSR count). The zero-order valence-corrected chi connectivity index (χ0v) is 15.0. The molecule has 0 saturated carbocycles. The molecule has 0 aliphatic carbocycles.